The van der Waals surface area contributed by atoms with E-state index < -0.39 is 0 Å². The first kappa shape index (κ1) is 15.1. The summed E-state index contributed by atoms with van der Waals surface area (Å²) < 4.78 is 1.41. The number of halogens is 1. The van der Waals surface area contributed by atoms with Crippen molar-refractivity contribution in [2.24, 2.45) is 0 Å². The molecule has 21 heavy (non-hydrogen) atoms. The molecule has 0 radical (unpaired) electrons. The van der Waals surface area contributed by atoms with Crippen LogP contribution in [-0.4, -0.2) is 0 Å². The summed E-state index contributed by atoms with van der Waals surface area (Å²) >= 11 is 2.15. The van der Waals surface area contributed by atoms with Crippen LogP contribution in [0, 0.1) is 24.3 Å². The molecule has 0 atom stereocenters. The molecule has 0 N–H and O–H groups in total. The van der Waals surface area contributed by atoms with Crippen molar-refractivity contribution in [1.82, 2.24) is 0 Å². The largest absolute Gasteiger partial charge is 0.297 e. The summed E-state index contributed by atoms with van der Waals surface area (Å²) in [7, 11) is 0. The van der Waals surface area contributed by atoms with Crippen LogP contribution in [0.1, 0.15) is 54.2 Å². The average molecular weight is 391 g/mol. The van der Waals surface area contributed by atoms with E-state index in [0.29, 0.717) is 0 Å². The second-order valence-electron chi connectivity index (χ2n) is 6.87. The van der Waals surface area contributed by atoms with Crippen molar-refractivity contribution in [3.05, 3.63) is 55.1 Å². The lowest BCUT2D eigenvalue weighted by Gasteiger charge is -2.25. The quantitative estimate of drug-likeness (QED) is 0.652. The van der Waals surface area contributed by atoms with Gasteiger partial charge in [0, 0.05) is 11.0 Å². The third-order valence-corrected chi connectivity index (χ3v) is 6.41. The second kappa shape index (κ2) is 4.84. The zero-order valence-corrected chi connectivity index (χ0v) is 16.2. The van der Waals surface area contributed by atoms with Crippen LogP contribution in [0.5, 0.6) is 0 Å². The highest BCUT2D eigenvalue weighted by atomic mass is 127. The van der Waals surface area contributed by atoms with Crippen LogP contribution in [0.4, 0.5) is 0 Å². The molecule has 0 heterocycles. The fraction of sp³-hybridized carbons (Fsp3) is 0.400. The molecule has 0 fully saturated rings. The van der Waals surface area contributed by atoms with Gasteiger partial charge in [-0.2, -0.15) is 0 Å². The van der Waals surface area contributed by atoms with E-state index in [9.17, 15) is 0 Å². The number of hydrogen-bond acceptors (Lipinski definition) is 0. The molecule has 0 amide bonds. The Morgan fingerprint density at radius 3 is 2.29 bits per heavy atom. The molecular formula is C20H24I+. The minimum Gasteiger partial charge on any atom is -0.0613 e. The fourth-order valence-electron chi connectivity index (χ4n) is 4.03. The van der Waals surface area contributed by atoms with Crippen molar-refractivity contribution in [2.75, 3.05) is 0 Å². The van der Waals surface area contributed by atoms with Gasteiger partial charge in [0.1, 0.15) is 0 Å². The highest BCUT2D eigenvalue weighted by molar-refractivity contribution is 5.85. The standard InChI is InChI=1S/C20H24I/c1-7-14-8-12(3)18-15-9-11(2)17(21)10-16(15)20(5,6)19(18)13(14)4/h8-10,21H,7H2,1-6H3/q+1. The van der Waals surface area contributed by atoms with E-state index in [1.54, 1.807) is 5.56 Å². The van der Waals surface area contributed by atoms with Crippen LogP contribution < -0.4 is 22.6 Å². The van der Waals surface area contributed by atoms with Crippen molar-refractivity contribution >= 4 is 0 Å². The van der Waals surface area contributed by atoms with Crippen molar-refractivity contribution < 1.29 is 22.6 Å². The van der Waals surface area contributed by atoms with Gasteiger partial charge in [-0.25, -0.2) is 0 Å². The van der Waals surface area contributed by atoms with Crippen molar-refractivity contribution in [1.29, 1.82) is 0 Å². The first-order valence-corrected chi connectivity index (χ1v) is 8.91. The van der Waals surface area contributed by atoms with Gasteiger partial charge in [0.15, 0.2) is 3.57 Å². The number of aryl methyl sites for hydroxylation is 3. The minimum absolute atomic E-state index is 0.116. The predicted octanol–water partition coefficient (Wildman–Crippen LogP) is 1.94. The molecule has 0 saturated carbocycles. The summed E-state index contributed by atoms with van der Waals surface area (Å²) in [6, 6.07) is 7.22. The molecule has 2 aromatic carbocycles. The normalized spacial score (nSPS) is 15.0. The van der Waals surface area contributed by atoms with Gasteiger partial charge in [-0.05, 0) is 78.3 Å². The smallest absolute Gasteiger partial charge is 0.0613 e. The zero-order valence-electron chi connectivity index (χ0n) is 13.8. The van der Waals surface area contributed by atoms with Crippen molar-refractivity contribution in [3.63, 3.8) is 0 Å². The van der Waals surface area contributed by atoms with E-state index in [-0.39, 0.29) is 5.41 Å². The van der Waals surface area contributed by atoms with E-state index in [2.05, 4.69) is 82.3 Å². The van der Waals surface area contributed by atoms with Gasteiger partial charge < -0.3 is 0 Å². The van der Waals surface area contributed by atoms with Gasteiger partial charge in [0.2, 0.25) is 0 Å². The Labute approximate surface area is 142 Å². The molecule has 1 aliphatic carbocycles. The summed E-state index contributed by atoms with van der Waals surface area (Å²) in [4.78, 5) is 0. The van der Waals surface area contributed by atoms with Crippen LogP contribution in [0.3, 0.4) is 0 Å². The summed E-state index contributed by atoms with van der Waals surface area (Å²) in [5.74, 6) is 0. The number of hydrogen-bond donors (Lipinski definition) is 0. The number of benzene rings is 2. The van der Waals surface area contributed by atoms with Gasteiger partial charge in [-0.1, -0.05) is 26.8 Å². The first-order chi connectivity index (χ1) is 9.78. The third-order valence-electron chi connectivity index (χ3n) is 5.16. The molecule has 0 aromatic heterocycles. The number of rotatable bonds is 1. The SMILES string of the molecule is CCc1cc(C)c2c(c1C)C(C)(C)c1cc([IH+])c(C)cc1-2. The Bertz CT molecular complexity index is 751. The summed E-state index contributed by atoms with van der Waals surface area (Å²) in [5, 5.41) is 0. The highest BCUT2D eigenvalue weighted by Crippen LogP contribution is 2.52. The van der Waals surface area contributed by atoms with Gasteiger partial charge in [0.25, 0.3) is 22.6 Å². The monoisotopic (exact) mass is 391 g/mol. The Morgan fingerprint density at radius 1 is 1.00 bits per heavy atom. The summed E-state index contributed by atoms with van der Waals surface area (Å²) in [6.07, 6.45) is 1.12. The maximum absolute atomic E-state index is 2.42. The Balaban J connectivity index is 2.45. The molecule has 2 aromatic rings. The van der Waals surface area contributed by atoms with Gasteiger partial charge in [-0.15, -0.1) is 0 Å². The van der Waals surface area contributed by atoms with Gasteiger partial charge in [-0.3, -0.25) is 0 Å². The van der Waals surface area contributed by atoms with Gasteiger partial charge in [0.05, 0.1) is 0 Å². The Morgan fingerprint density at radius 2 is 1.67 bits per heavy atom. The average Bonchev–Trinajstić information content (AvgIpc) is 2.64. The molecule has 1 aliphatic rings. The maximum atomic E-state index is 2.42. The van der Waals surface area contributed by atoms with Crippen LogP contribution in [0.25, 0.3) is 11.1 Å². The Hall–Kier alpha value is -0.830. The van der Waals surface area contributed by atoms with E-state index >= 15 is 0 Å². The van der Waals surface area contributed by atoms with Crippen LogP contribution in [0.2, 0.25) is 0 Å². The first-order valence-electron chi connectivity index (χ1n) is 7.75. The van der Waals surface area contributed by atoms with Crippen LogP contribution in [0.15, 0.2) is 18.2 Å². The molecule has 0 bridgehead atoms. The molecule has 0 spiro atoms. The van der Waals surface area contributed by atoms with E-state index in [1.807, 2.05) is 0 Å². The maximum Gasteiger partial charge on any atom is 0.297 e. The zero-order chi connectivity index (χ0) is 15.5. The third kappa shape index (κ3) is 2.00. The predicted molar refractivity (Wildman–Crippen MR) is 87.7 cm³/mol. The molecule has 0 nitrogen and oxygen atoms in total. The van der Waals surface area contributed by atoms with Crippen LogP contribution >= 0.6 is 0 Å². The van der Waals surface area contributed by atoms with E-state index in [4.69, 9.17) is 0 Å². The summed E-state index contributed by atoms with van der Waals surface area (Å²) in [6.45, 7) is 13.9. The van der Waals surface area contributed by atoms with Crippen molar-refractivity contribution in [3.8, 4) is 11.1 Å². The lowest BCUT2D eigenvalue weighted by atomic mass is 9.78. The van der Waals surface area contributed by atoms with E-state index in [1.165, 1.54) is 42.5 Å². The molecule has 3 rings (SSSR count). The molecule has 0 aliphatic heterocycles. The van der Waals surface area contributed by atoms with E-state index in [0.717, 1.165) is 6.42 Å². The molecule has 0 saturated heterocycles. The van der Waals surface area contributed by atoms with Crippen LogP contribution in [-0.2, 0) is 11.8 Å². The molecule has 1 heteroatoms. The lowest BCUT2D eigenvalue weighted by molar-refractivity contribution is -0.329. The molecule has 0 unspecified atom stereocenters. The number of fused-ring (bicyclic) bond motifs is 3. The minimum atomic E-state index is 0.116. The lowest BCUT2D eigenvalue weighted by Crippen LogP contribution is -3.34. The Kier molecular flexibility index (Phi) is 3.47. The second-order valence-corrected chi connectivity index (χ2v) is 8.12. The fourth-order valence-corrected chi connectivity index (χ4v) is 4.53. The van der Waals surface area contributed by atoms with Gasteiger partial charge >= 0.3 is 0 Å². The molecule has 110 valence electrons. The highest BCUT2D eigenvalue weighted by Gasteiger charge is 2.39. The molecular weight excluding hydrogens is 367 g/mol. The topological polar surface area (TPSA) is 0 Å². The van der Waals surface area contributed by atoms with Crippen molar-refractivity contribution in [2.45, 2.75) is 53.4 Å². The summed E-state index contributed by atoms with van der Waals surface area (Å²) in [5.41, 5.74) is 12.0.